The number of sulfonamides is 1. The summed E-state index contributed by atoms with van der Waals surface area (Å²) in [6, 6.07) is 3.75. The van der Waals surface area contributed by atoms with Crippen LogP contribution in [0.15, 0.2) is 35.7 Å². The lowest BCUT2D eigenvalue weighted by Crippen LogP contribution is -2.32. The van der Waals surface area contributed by atoms with Crippen molar-refractivity contribution in [2.75, 3.05) is 11.9 Å². The zero-order chi connectivity index (χ0) is 16.0. The largest absolute Gasteiger partial charge is 0.478 e. The lowest BCUT2D eigenvalue weighted by molar-refractivity contribution is 0.0697. The van der Waals surface area contributed by atoms with Crippen LogP contribution in [-0.4, -0.2) is 32.1 Å². The van der Waals surface area contributed by atoms with E-state index < -0.39 is 16.0 Å². The third-order valence-corrected chi connectivity index (χ3v) is 4.52. The van der Waals surface area contributed by atoms with Crippen LogP contribution in [-0.2, 0) is 10.0 Å². The topological polar surface area (TPSA) is 95.5 Å². The molecule has 1 unspecified atom stereocenters. The highest BCUT2D eigenvalue weighted by Gasteiger charge is 2.20. The molecular formula is C14H20N2O4S. The highest BCUT2D eigenvalue weighted by Crippen LogP contribution is 2.21. The van der Waals surface area contributed by atoms with Gasteiger partial charge in [0.25, 0.3) is 0 Å². The van der Waals surface area contributed by atoms with Crippen LogP contribution in [0.4, 0.5) is 5.69 Å². The first kappa shape index (κ1) is 17.2. The Balaban J connectivity index is 3.19. The molecule has 0 amide bonds. The van der Waals surface area contributed by atoms with Crippen LogP contribution in [0.1, 0.15) is 30.6 Å². The van der Waals surface area contributed by atoms with Crippen LogP contribution in [0, 0.1) is 0 Å². The number of rotatable bonds is 8. The first-order valence-electron chi connectivity index (χ1n) is 6.56. The lowest BCUT2D eigenvalue weighted by Gasteiger charge is -2.14. The summed E-state index contributed by atoms with van der Waals surface area (Å²) >= 11 is 0. The number of nitrogens with one attached hydrogen (secondary N) is 2. The minimum Gasteiger partial charge on any atom is -0.478 e. The van der Waals surface area contributed by atoms with Gasteiger partial charge >= 0.3 is 5.97 Å². The Morgan fingerprint density at radius 2 is 2.14 bits per heavy atom. The Labute approximate surface area is 124 Å². The van der Waals surface area contributed by atoms with Gasteiger partial charge in [0.1, 0.15) is 0 Å². The van der Waals surface area contributed by atoms with Gasteiger partial charge in [-0.3, -0.25) is 0 Å². The maximum absolute atomic E-state index is 12.2. The van der Waals surface area contributed by atoms with E-state index in [-0.39, 0.29) is 16.5 Å². The van der Waals surface area contributed by atoms with Crippen molar-refractivity contribution in [3.05, 3.63) is 36.4 Å². The minimum absolute atomic E-state index is 0.0654. The monoisotopic (exact) mass is 312 g/mol. The summed E-state index contributed by atoms with van der Waals surface area (Å²) in [6.07, 6.45) is 2.23. The maximum atomic E-state index is 12.2. The van der Waals surface area contributed by atoms with Gasteiger partial charge in [0.15, 0.2) is 0 Å². The molecule has 1 aromatic carbocycles. The zero-order valence-electron chi connectivity index (χ0n) is 12.1. The van der Waals surface area contributed by atoms with Crippen molar-refractivity contribution in [1.29, 1.82) is 0 Å². The highest BCUT2D eigenvalue weighted by molar-refractivity contribution is 7.89. The molecule has 21 heavy (non-hydrogen) atoms. The molecule has 6 nitrogen and oxygen atoms in total. The van der Waals surface area contributed by atoms with E-state index in [1.807, 2.05) is 6.92 Å². The van der Waals surface area contributed by atoms with Crippen molar-refractivity contribution in [3.63, 3.8) is 0 Å². The first-order chi connectivity index (χ1) is 9.81. The van der Waals surface area contributed by atoms with Gasteiger partial charge < -0.3 is 10.4 Å². The number of carbonyl (C=O) groups is 1. The van der Waals surface area contributed by atoms with Gasteiger partial charge in [-0.1, -0.05) is 13.0 Å². The standard InChI is InChI=1S/C14H20N2O4S/c1-4-8-15-13-7-6-11(9-12(13)14(17)18)21(19,20)16-10(3)5-2/h4,6-7,9-10,15-16H,1,5,8H2,2-3H3,(H,17,18). The Hall–Kier alpha value is -1.86. The van der Waals surface area contributed by atoms with Gasteiger partial charge in [-0.25, -0.2) is 17.9 Å². The predicted molar refractivity (Wildman–Crippen MR) is 82.2 cm³/mol. The molecule has 1 aromatic rings. The molecule has 7 heteroatoms. The van der Waals surface area contributed by atoms with Crippen molar-refractivity contribution < 1.29 is 18.3 Å². The molecule has 0 fully saturated rings. The van der Waals surface area contributed by atoms with Gasteiger partial charge in [0.05, 0.1) is 10.5 Å². The number of hydrogen-bond acceptors (Lipinski definition) is 4. The van der Waals surface area contributed by atoms with Crippen LogP contribution in [0.2, 0.25) is 0 Å². The van der Waals surface area contributed by atoms with E-state index in [1.165, 1.54) is 12.1 Å². The fraction of sp³-hybridized carbons (Fsp3) is 0.357. The third kappa shape index (κ3) is 4.57. The number of aromatic carboxylic acids is 1. The van der Waals surface area contributed by atoms with Gasteiger partial charge in [-0.05, 0) is 31.5 Å². The van der Waals surface area contributed by atoms with Crippen LogP contribution < -0.4 is 10.0 Å². The maximum Gasteiger partial charge on any atom is 0.337 e. The van der Waals surface area contributed by atoms with Gasteiger partial charge in [0, 0.05) is 18.3 Å². The predicted octanol–water partition coefficient (Wildman–Crippen LogP) is 2.06. The average Bonchev–Trinajstić information content (AvgIpc) is 2.44. The van der Waals surface area contributed by atoms with E-state index in [0.29, 0.717) is 18.7 Å². The molecule has 0 saturated carbocycles. The number of carboxylic acids is 1. The molecule has 1 rings (SSSR count). The summed E-state index contributed by atoms with van der Waals surface area (Å²) in [7, 11) is -3.73. The van der Waals surface area contributed by atoms with E-state index in [1.54, 1.807) is 13.0 Å². The van der Waals surface area contributed by atoms with Gasteiger partial charge in [-0.15, -0.1) is 6.58 Å². The van der Waals surface area contributed by atoms with Crippen molar-refractivity contribution >= 4 is 21.7 Å². The molecule has 0 aromatic heterocycles. The smallest absolute Gasteiger partial charge is 0.337 e. The molecule has 0 aliphatic rings. The second kappa shape index (κ2) is 7.24. The summed E-state index contributed by atoms with van der Waals surface area (Å²) in [5.74, 6) is -1.19. The molecule has 0 heterocycles. The molecule has 116 valence electrons. The Kier molecular flexibility index (Phi) is 5.92. The molecular weight excluding hydrogens is 292 g/mol. The van der Waals surface area contributed by atoms with Crippen molar-refractivity contribution in [3.8, 4) is 0 Å². The third-order valence-electron chi connectivity index (χ3n) is 2.94. The molecule has 0 saturated heterocycles. The van der Waals surface area contributed by atoms with E-state index in [4.69, 9.17) is 0 Å². The van der Waals surface area contributed by atoms with Crippen LogP contribution >= 0.6 is 0 Å². The summed E-state index contributed by atoms with van der Waals surface area (Å²) in [6.45, 7) is 7.52. The van der Waals surface area contributed by atoms with Crippen LogP contribution in [0.25, 0.3) is 0 Å². The Morgan fingerprint density at radius 3 is 2.67 bits per heavy atom. The van der Waals surface area contributed by atoms with E-state index in [0.717, 1.165) is 6.07 Å². The average molecular weight is 312 g/mol. The number of hydrogen-bond donors (Lipinski definition) is 3. The summed E-state index contributed by atoms with van der Waals surface area (Å²) in [5, 5.41) is 12.1. The van der Waals surface area contributed by atoms with E-state index >= 15 is 0 Å². The van der Waals surface area contributed by atoms with Crippen molar-refractivity contribution in [2.24, 2.45) is 0 Å². The molecule has 0 aliphatic heterocycles. The second-order valence-electron chi connectivity index (χ2n) is 4.61. The van der Waals surface area contributed by atoms with Gasteiger partial charge in [0.2, 0.25) is 10.0 Å². The molecule has 0 aliphatic carbocycles. The van der Waals surface area contributed by atoms with Crippen LogP contribution in [0.3, 0.4) is 0 Å². The quantitative estimate of drug-likeness (QED) is 0.639. The SMILES string of the molecule is C=CCNc1ccc(S(=O)(=O)NC(C)CC)cc1C(=O)O. The van der Waals surface area contributed by atoms with Crippen LogP contribution in [0.5, 0.6) is 0 Å². The highest BCUT2D eigenvalue weighted by atomic mass is 32.2. The van der Waals surface area contributed by atoms with Crippen molar-refractivity contribution in [2.45, 2.75) is 31.2 Å². The fourth-order valence-corrected chi connectivity index (χ4v) is 2.97. The molecule has 0 radical (unpaired) electrons. The molecule has 0 bridgehead atoms. The summed E-state index contributed by atoms with van der Waals surface area (Å²) in [4.78, 5) is 11.2. The Morgan fingerprint density at radius 1 is 1.48 bits per heavy atom. The zero-order valence-corrected chi connectivity index (χ0v) is 12.9. The first-order valence-corrected chi connectivity index (χ1v) is 8.04. The number of carboxylic acid groups (broad SMARTS) is 1. The minimum atomic E-state index is -3.73. The molecule has 3 N–H and O–H groups in total. The Bertz CT molecular complexity index is 626. The molecule has 0 spiro atoms. The normalized spacial score (nSPS) is 12.7. The number of benzene rings is 1. The van der Waals surface area contributed by atoms with Crippen molar-refractivity contribution in [1.82, 2.24) is 4.72 Å². The summed E-state index contributed by atoms with van der Waals surface area (Å²) < 4.78 is 26.8. The lowest BCUT2D eigenvalue weighted by atomic mass is 10.2. The molecule has 1 atom stereocenters. The number of anilines is 1. The van der Waals surface area contributed by atoms with E-state index in [9.17, 15) is 18.3 Å². The summed E-state index contributed by atoms with van der Waals surface area (Å²) in [5.41, 5.74) is 0.258. The van der Waals surface area contributed by atoms with E-state index in [2.05, 4.69) is 16.6 Å². The second-order valence-corrected chi connectivity index (χ2v) is 6.33. The fourth-order valence-electron chi connectivity index (χ4n) is 1.62. The van der Waals surface area contributed by atoms with Gasteiger partial charge in [-0.2, -0.15) is 0 Å².